The fourth-order valence-electron chi connectivity index (χ4n) is 2.62. The van der Waals surface area contributed by atoms with E-state index in [-0.39, 0.29) is 5.91 Å². The molecule has 0 unspecified atom stereocenters. The minimum atomic E-state index is -0.214. The fraction of sp³-hybridized carbons (Fsp3) is 0.200. The number of hydrogen-bond acceptors (Lipinski definition) is 4. The number of ether oxygens (including phenoxy) is 1. The number of aromatic nitrogens is 1. The van der Waals surface area contributed by atoms with Gasteiger partial charge in [-0.15, -0.1) is 11.3 Å². The summed E-state index contributed by atoms with van der Waals surface area (Å²) in [6.45, 7) is 2.14. The molecular formula is C20H20N2O2S. The summed E-state index contributed by atoms with van der Waals surface area (Å²) in [5, 5.41) is 3.52. The normalized spacial score (nSPS) is 10.5. The lowest BCUT2D eigenvalue weighted by Gasteiger charge is -2.07. The molecule has 0 fully saturated rings. The van der Waals surface area contributed by atoms with E-state index >= 15 is 0 Å². The molecule has 2 aromatic carbocycles. The van der Waals surface area contributed by atoms with Crippen molar-refractivity contribution in [2.75, 3.05) is 12.4 Å². The molecule has 1 heterocycles. The van der Waals surface area contributed by atoms with E-state index in [9.17, 15) is 4.79 Å². The van der Waals surface area contributed by atoms with E-state index in [0.717, 1.165) is 24.1 Å². The van der Waals surface area contributed by atoms with Crippen LogP contribution in [-0.4, -0.2) is 18.0 Å². The van der Waals surface area contributed by atoms with Gasteiger partial charge < -0.3 is 4.74 Å². The third-order valence-corrected chi connectivity index (χ3v) is 4.82. The summed E-state index contributed by atoms with van der Waals surface area (Å²) >= 11 is 1.53. The molecular weight excluding hydrogens is 332 g/mol. The third kappa shape index (κ3) is 3.88. The minimum Gasteiger partial charge on any atom is -0.496 e. The Morgan fingerprint density at radius 1 is 1.12 bits per heavy atom. The molecule has 0 aliphatic carbocycles. The van der Waals surface area contributed by atoms with Gasteiger partial charge in [0.05, 0.1) is 18.4 Å². The summed E-state index contributed by atoms with van der Waals surface area (Å²) in [6.07, 6.45) is 1.97. The van der Waals surface area contributed by atoms with Gasteiger partial charge in [0, 0.05) is 10.4 Å². The molecule has 0 saturated carbocycles. The van der Waals surface area contributed by atoms with Crippen molar-refractivity contribution >= 4 is 22.4 Å². The highest BCUT2D eigenvalue weighted by Crippen LogP contribution is 2.32. The zero-order chi connectivity index (χ0) is 17.6. The topological polar surface area (TPSA) is 51.2 Å². The summed E-state index contributed by atoms with van der Waals surface area (Å²) in [4.78, 5) is 18.4. The molecule has 0 aliphatic heterocycles. The van der Waals surface area contributed by atoms with Gasteiger partial charge in [-0.25, -0.2) is 4.98 Å². The van der Waals surface area contributed by atoms with E-state index in [1.807, 2.05) is 42.5 Å². The Kier molecular flexibility index (Phi) is 5.46. The van der Waals surface area contributed by atoms with Crippen LogP contribution in [0.2, 0.25) is 0 Å². The Hall–Kier alpha value is -2.66. The van der Waals surface area contributed by atoms with Gasteiger partial charge in [0.25, 0.3) is 5.91 Å². The molecule has 0 atom stereocenters. The maximum absolute atomic E-state index is 12.6. The summed E-state index contributed by atoms with van der Waals surface area (Å²) in [5.41, 5.74) is 2.52. The molecule has 0 aliphatic rings. The van der Waals surface area contributed by atoms with Crippen molar-refractivity contribution in [3.8, 4) is 17.0 Å². The molecule has 0 spiro atoms. The van der Waals surface area contributed by atoms with E-state index in [0.29, 0.717) is 16.4 Å². The first-order valence-electron chi connectivity index (χ1n) is 8.22. The molecule has 5 heteroatoms. The van der Waals surface area contributed by atoms with Crippen LogP contribution in [0.15, 0.2) is 54.6 Å². The van der Waals surface area contributed by atoms with Gasteiger partial charge in [0.2, 0.25) is 0 Å². The van der Waals surface area contributed by atoms with Crippen LogP contribution in [0.5, 0.6) is 5.75 Å². The number of thiazole rings is 1. The van der Waals surface area contributed by atoms with Gasteiger partial charge in [-0.05, 0) is 18.6 Å². The van der Waals surface area contributed by atoms with Crippen molar-refractivity contribution < 1.29 is 9.53 Å². The van der Waals surface area contributed by atoms with Gasteiger partial charge in [0.1, 0.15) is 5.75 Å². The van der Waals surface area contributed by atoms with E-state index in [2.05, 4.69) is 17.2 Å². The average Bonchev–Trinajstić information content (AvgIpc) is 3.05. The predicted molar refractivity (Wildman–Crippen MR) is 102 cm³/mol. The maximum Gasteiger partial charge on any atom is 0.261 e. The quantitative estimate of drug-likeness (QED) is 0.677. The van der Waals surface area contributed by atoms with Crippen molar-refractivity contribution in [2.45, 2.75) is 19.8 Å². The summed E-state index contributed by atoms with van der Waals surface area (Å²) in [6, 6.07) is 17.2. The van der Waals surface area contributed by atoms with Gasteiger partial charge >= 0.3 is 0 Å². The highest BCUT2D eigenvalue weighted by atomic mass is 32.1. The number of carbonyl (C=O) groups excluding carboxylic acids is 1. The number of nitrogens with one attached hydrogen (secondary N) is 1. The lowest BCUT2D eigenvalue weighted by atomic mass is 10.1. The molecule has 0 bridgehead atoms. The molecule has 128 valence electrons. The first-order chi connectivity index (χ1) is 12.2. The molecule has 1 amide bonds. The number of methoxy groups -OCH3 is 1. The highest BCUT2D eigenvalue weighted by Gasteiger charge is 2.17. The smallest absolute Gasteiger partial charge is 0.261 e. The number of carbonyl (C=O) groups is 1. The number of rotatable bonds is 6. The van der Waals surface area contributed by atoms with Crippen LogP contribution >= 0.6 is 11.3 Å². The highest BCUT2D eigenvalue weighted by molar-refractivity contribution is 7.16. The molecule has 3 aromatic rings. The van der Waals surface area contributed by atoms with Crippen molar-refractivity contribution in [2.24, 2.45) is 0 Å². The van der Waals surface area contributed by atoms with Gasteiger partial charge in [-0.2, -0.15) is 0 Å². The molecule has 4 nitrogen and oxygen atoms in total. The van der Waals surface area contributed by atoms with Crippen LogP contribution in [0, 0.1) is 0 Å². The standard InChI is InChI=1S/C20H20N2O2S/c1-3-9-17-18(14-10-5-4-6-11-14)21-20(25-17)22-19(23)15-12-7-8-13-16(15)24-2/h4-8,10-13H,3,9H2,1-2H3,(H,21,22,23). The zero-order valence-electron chi connectivity index (χ0n) is 14.3. The average molecular weight is 352 g/mol. The Morgan fingerprint density at radius 2 is 1.84 bits per heavy atom. The van der Waals surface area contributed by atoms with Crippen LogP contribution in [0.1, 0.15) is 28.6 Å². The lowest BCUT2D eigenvalue weighted by molar-refractivity contribution is 0.102. The molecule has 3 rings (SSSR count). The van der Waals surface area contributed by atoms with Gasteiger partial charge in [-0.1, -0.05) is 55.8 Å². The molecule has 0 radical (unpaired) electrons. The van der Waals surface area contributed by atoms with E-state index in [1.54, 1.807) is 19.2 Å². The maximum atomic E-state index is 12.6. The van der Waals surface area contributed by atoms with Crippen LogP contribution in [0.3, 0.4) is 0 Å². The second kappa shape index (κ2) is 7.94. The number of anilines is 1. The Balaban J connectivity index is 1.89. The molecule has 1 aromatic heterocycles. The summed E-state index contributed by atoms with van der Waals surface area (Å²) in [7, 11) is 1.56. The zero-order valence-corrected chi connectivity index (χ0v) is 15.1. The number of amides is 1. The van der Waals surface area contributed by atoms with Crippen molar-refractivity contribution in [3.63, 3.8) is 0 Å². The van der Waals surface area contributed by atoms with Crippen molar-refractivity contribution in [1.29, 1.82) is 0 Å². The number of aryl methyl sites for hydroxylation is 1. The SMILES string of the molecule is CCCc1sc(NC(=O)c2ccccc2OC)nc1-c1ccccc1. The van der Waals surface area contributed by atoms with E-state index < -0.39 is 0 Å². The first kappa shape index (κ1) is 17.2. The Labute approximate surface area is 151 Å². The largest absolute Gasteiger partial charge is 0.496 e. The number of benzene rings is 2. The molecule has 1 N–H and O–H groups in total. The second-order valence-corrected chi connectivity index (χ2v) is 6.64. The van der Waals surface area contributed by atoms with Crippen LogP contribution in [-0.2, 0) is 6.42 Å². The number of hydrogen-bond donors (Lipinski definition) is 1. The van der Waals surface area contributed by atoms with Crippen molar-refractivity contribution in [3.05, 3.63) is 65.0 Å². The van der Waals surface area contributed by atoms with Crippen LogP contribution in [0.4, 0.5) is 5.13 Å². The van der Waals surface area contributed by atoms with Crippen molar-refractivity contribution in [1.82, 2.24) is 4.98 Å². The van der Waals surface area contributed by atoms with Crippen LogP contribution < -0.4 is 10.1 Å². The summed E-state index contributed by atoms with van der Waals surface area (Å²) < 4.78 is 5.26. The predicted octanol–water partition coefficient (Wildman–Crippen LogP) is 5.02. The van der Waals surface area contributed by atoms with Gasteiger partial charge in [-0.3, -0.25) is 10.1 Å². The molecule has 0 saturated heterocycles. The van der Waals surface area contributed by atoms with Crippen LogP contribution in [0.25, 0.3) is 11.3 Å². The molecule has 25 heavy (non-hydrogen) atoms. The Bertz CT molecular complexity index is 859. The Morgan fingerprint density at radius 3 is 2.56 bits per heavy atom. The van der Waals surface area contributed by atoms with Gasteiger partial charge in [0.15, 0.2) is 5.13 Å². The minimum absolute atomic E-state index is 0.214. The fourth-order valence-corrected chi connectivity index (χ4v) is 3.70. The summed E-state index contributed by atoms with van der Waals surface area (Å²) in [5.74, 6) is 0.336. The monoisotopic (exact) mass is 352 g/mol. The second-order valence-electron chi connectivity index (χ2n) is 5.56. The number of para-hydroxylation sites is 1. The lowest BCUT2D eigenvalue weighted by Crippen LogP contribution is -2.12. The number of nitrogens with zero attached hydrogens (tertiary/aromatic N) is 1. The van der Waals surface area contributed by atoms with E-state index in [1.165, 1.54) is 16.2 Å². The third-order valence-electron chi connectivity index (χ3n) is 3.79. The van der Waals surface area contributed by atoms with E-state index in [4.69, 9.17) is 4.74 Å². The first-order valence-corrected chi connectivity index (χ1v) is 9.04.